The predicted octanol–water partition coefficient (Wildman–Crippen LogP) is 4.49. The molecule has 1 N–H and O–H groups in total. The number of hydrogen-bond donors (Lipinski definition) is 1. The van der Waals surface area contributed by atoms with Gasteiger partial charge in [-0.2, -0.15) is 0 Å². The molecule has 1 unspecified atom stereocenters. The van der Waals surface area contributed by atoms with E-state index >= 15 is 0 Å². The molecule has 1 rings (SSSR count). The van der Waals surface area contributed by atoms with Gasteiger partial charge in [-0.1, -0.05) is 30.2 Å². The molecule has 0 aliphatic heterocycles. The van der Waals surface area contributed by atoms with Crippen molar-refractivity contribution in [2.45, 2.75) is 32.7 Å². The van der Waals surface area contributed by atoms with Gasteiger partial charge in [-0.15, -0.1) is 6.58 Å². The third-order valence-corrected chi connectivity index (χ3v) is 2.77. The zero-order valence-electron chi connectivity index (χ0n) is 10.4. The van der Waals surface area contributed by atoms with Gasteiger partial charge in [-0.3, -0.25) is 0 Å². The van der Waals surface area contributed by atoms with Gasteiger partial charge in [0.25, 0.3) is 0 Å². The molecule has 94 valence electrons. The molecule has 3 heteroatoms. The largest absolute Gasteiger partial charge is 0.310 e. The second kappa shape index (κ2) is 6.77. The highest BCUT2D eigenvalue weighted by Crippen LogP contribution is 2.25. The van der Waals surface area contributed by atoms with Crippen LogP contribution in [0.4, 0.5) is 4.39 Å². The van der Waals surface area contributed by atoms with Crippen molar-refractivity contribution in [1.82, 2.24) is 5.32 Å². The Hall–Kier alpha value is -0.860. The highest BCUT2D eigenvalue weighted by molar-refractivity contribution is 6.30. The number of halogens is 2. The summed E-state index contributed by atoms with van der Waals surface area (Å²) in [5.41, 5.74) is 1.69. The van der Waals surface area contributed by atoms with Crippen LogP contribution in [-0.2, 0) is 0 Å². The van der Waals surface area contributed by atoms with Crippen LogP contribution in [0.25, 0.3) is 0 Å². The van der Waals surface area contributed by atoms with Crippen LogP contribution in [0.3, 0.4) is 0 Å². The Bertz CT molecular complexity index is 390. The molecule has 1 aromatic rings. The second-order valence-electron chi connectivity index (χ2n) is 4.33. The summed E-state index contributed by atoms with van der Waals surface area (Å²) in [4.78, 5) is 0. The number of nitrogens with one attached hydrogen (secondary N) is 1. The van der Waals surface area contributed by atoms with Gasteiger partial charge in [0.05, 0.1) is 0 Å². The lowest BCUT2D eigenvalue weighted by Crippen LogP contribution is -2.23. The van der Waals surface area contributed by atoms with Gasteiger partial charge in [0, 0.05) is 16.6 Å². The lowest BCUT2D eigenvalue weighted by Gasteiger charge is -2.19. The first-order valence-electron chi connectivity index (χ1n) is 5.87. The molecule has 0 aromatic heterocycles. The van der Waals surface area contributed by atoms with Crippen molar-refractivity contribution < 1.29 is 4.39 Å². The summed E-state index contributed by atoms with van der Waals surface area (Å²) in [7, 11) is 0. The standard InChI is InChI=1S/C14H19ClFN/c1-4-7-17-14(8-10(2)3)12-6-5-11(15)9-13(12)16/h5-6,9,14,17H,2,4,7-8H2,1,3H3. The Morgan fingerprint density at radius 2 is 2.24 bits per heavy atom. The van der Waals surface area contributed by atoms with Crippen LogP contribution in [0.1, 0.15) is 38.3 Å². The first-order valence-corrected chi connectivity index (χ1v) is 6.25. The third kappa shape index (κ3) is 4.49. The van der Waals surface area contributed by atoms with Gasteiger partial charge in [0.15, 0.2) is 0 Å². The van der Waals surface area contributed by atoms with E-state index in [4.69, 9.17) is 11.6 Å². The highest BCUT2D eigenvalue weighted by atomic mass is 35.5. The summed E-state index contributed by atoms with van der Waals surface area (Å²) in [6.45, 7) is 8.79. The van der Waals surface area contributed by atoms with Gasteiger partial charge in [-0.25, -0.2) is 4.39 Å². The molecule has 0 aliphatic rings. The average Bonchev–Trinajstić information content (AvgIpc) is 2.24. The van der Waals surface area contributed by atoms with E-state index in [1.807, 2.05) is 6.92 Å². The summed E-state index contributed by atoms with van der Waals surface area (Å²) in [6.07, 6.45) is 1.75. The molecule has 1 nitrogen and oxygen atoms in total. The van der Waals surface area contributed by atoms with Gasteiger partial charge in [-0.05, 0) is 38.4 Å². The van der Waals surface area contributed by atoms with Crippen molar-refractivity contribution in [3.8, 4) is 0 Å². The van der Waals surface area contributed by atoms with E-state index in [0.717, 1.165) is 25.0 Å². The second-order valence-corrected chi connectivity index (χ2v) is 4.77. The smallest absolute Gasteiger partial charge is 0.129 e. The molecule has 0 radical (unpaired) electrons. The van der Waals surface area contributed by atoms with E-state index in [9.17, 15) is 4.39 Å². The number of benzene rings is 1. The van der Waals surface area contributed by atoms with Crippen LogP contribution in [0, 0.1) is 5.82 Å². The molecule has 0 amide bonds. The average molecular weight is 256 g/mol. The lowest BCUT2D eigenvalue weighted by atomic mass is 9.99. The third-order valence-electron chi connectivity index (χ3n) is 2.53. The van der Waals surface area contributed by atoms with E-state index in [-0.39, 0.29) is 11.9 Å². The monoisotopic (exact) mass is 255 g/mol. The molecule has 1 atom stereocenters. The maximum atomic E-state index is 13.8. The maximum absolute atomic E-state index is 13.8. The van der Waals surface area contributed by atoms with Gasteiger partial charge in [0.1, 0.15) is 5.82 Å². The fraction of sp³-hybridized carbons (Fsp3) is 0.429. The van der Waals surface area contributed by atoms with Crippen LogP contribution in [0.2, 0.25) is 5.02 Å². The molecule has 0 saturated carbocycles. The van der Waals surface area contributed by atoms with Crippen LogP contribution < -0.4 is 5.32 Å². The number of rotatable bonds is 6. The first kappa shape index (κ1) is 14.2. The topological polar surface area (TPSA) is 12.0 Å². The molecule has 0 saturated heterocycles. The quantitative estimate of drug-likeness (QED) is 0.739. The van der Waals surface area contributed by atoms with E-state index in [1.165, 1.54) is 6.07 Å². The summed E-state index contributed by atoms with van der Waals surface area (Å²) in [6, 6.07) is 4.80. The van der Waals surface area contributed by atoms with Gasteiger partial charge < -0.3 is 5.32 Å². The molecule has 0 spiro atoms. The molecule has 17 heavy (non-hydrogen) atoms. The summed E-state index contributed by atoms with van der Waals surface area (Å²) >= 11 is 5.75. The predicted molar refractivity (Wildman–Crippen MR) is 71.9 cm³/mol. The Labute approximate surface area is 108 Å². The van der Waals surface area contributed by atoms with Crippen molar-refractivity contribution in [3.63, 3.8) is 0 Å². The van der Waals surface area contributed by atoms with Crippen molar-refractivity contribution in [2.24, 2.45) is 0 Å². The van der Waals surface area contributed by atoms with Crippen LogP contribution in [0.5, 0.6) is 0 Å². The Morgan fingerprint density at radius 3 is 2.76 bits per heavy atom. The fourth-order valence-electron chi connectivity index (χ4n) is 1.74. The Morgan fingerprint density at radius 1 is 1.53 bits per heavy atom. The van der Waals surface area contributed by atoms with Crippen molar-refractivity contribution in [1.29, 1.82) is 0 Å². The van der Waals surface area contributed by atoms with Gasteiger partial charge >= 0.3 is 0 Å². The van der Waals surface area contributed by atoms with Gasteiger partial charge in [0.2, 0.25) is 0 Å². The van der Waals surface area contributed by atoms with Crippen LogP contribution in [-0.4, -0.2) is 6.54 Å². The first-order chi connectivity index (χ1) is 8.04. The molecular formula is C14H19ClFN. The van der Waals surface area contributed by atoms with E-state index in [0.29, 0.717) is 10.6 Å². The minimum atomic E-state index is -0.257. The minimum absolute atomic E-state index is 0.0234. The summed E-state index contributed by atoms with van der Waals surface area (Å²) in [5.74, 6) is -0.257. The van der Waals surface area contributed by atoms with E-state index in [1.54, 1.807) is 12.1 Å². The van der Waals surface area contributed by atoms with Crippen molar-refractivity contribution in [2.75, 3.05) is 6.54 Å². The fourth-order valence-corrected chi connectivity index (χ4v) is 1.90. The zero-order valence-corrected chi connectivity index (χ0v) is 11.1. The normalized spacial score (nSPS) is 12.5. The highest BCUT2D eigenvalue weighted by Gasteiger charge is 2.15. The van der Waals surface area contributed by atoms with E-state index in [2.05, 4.69) is 18.8 Å². The summed E-state index contributed by atoms with van der Waals surface area (Å²) < 4.78 is 13.8. The minimum Gasteiger partial charge on any atom is -0.310 e. The maximum Gasteiger partial charge on any atom is 0.129 e. The zero-order chi connectivity index (χ0) is 12.8. The molecule has 1 aromatic carbocycles. The van der Waals surface area contributed by atoms with Crippen molar-refractivity contribution in [3.05, 3.63) is 46.8 Å². The molecular weight excluding hydrogens is 237 g/mol. The van der Waals surface area contributed by atoms with Crippen molar-refractivity contribution >= 4 is 11.6 Å². The number of hydrogen-bond acceptors (Lipinski definition) is 1. The van der Waals surface area contributed by atoms with Crippen LogP contribution in [0.15, 0.2) is 30.4 Å². The SMILES string of the molecule is C=C(C)CC(NCCC)c1ccc(Cl)cc1F. The lowest BCUT2D eigenvalue weighted by molar-refractivity contribution is 0.496. The van der Waals surface area contributed by atoms with E-state index < -0.39 is 0 Å². The molecule has 0 fully saturated rings. The molecule has 0 aliphatic carbocycles. The molecule has 0 bridgehead atoms. The molecule has 0 heterocycles. The Kier molecular flexibility index (Phi) is 5.66. The van der Waals surface area contributed by atoms with Crippen LogP contribution >= 0.6 is 11.6 Å². The summed E-state index contributed by atoms with van der Waals surface area (Å²) in [5, 5.41) is 3.76. The Balaban J connectivity index is 2.90.